The number of carbonyl (C=O) groups is 1. The van der Waals surface area contributed by atoms with E-state index in [9.17, 15) is 4.79 Å². The molecule has 0 bridgehead atoms. The van der Waals surface area contributed by atoms with Gasteiger partial charge in [0.05, 0.1) is 42.2 Å². The molecule has 0 atom stereocenters. The molecule has 5 N–H and O–H groups in total. The van der Waals surface area contributed by atoms with E-state index in [4.69, 9.17) is 32.5 Å². The molecule has 0 saturated heterocycles. The largest absolute Gasteiger partial charge is 0.497 e. The van der Waals surface area contributed by atoms with Crippen molar-refractivity contribution in [2.75, 3.05) is 26.6 Å². The molecule has 1 amide bonds. The van der Waals surface area contributed by atoms with Gasteiger partial charge in [-0.2, -0.15) is 4.37 Å². The standard InChI is InChI=1S/C25H30ClN5O3S.C2H6/c1-6-19(34-5)10-9-15(2)23-21(16(3)35-31-23)24(32)30-25(28)29-14-17-12-18(8-7-11-33-4)22(27)20(26)13-17;1-2/h6-10,12-13H,2,11,14,27H2,1,3-5H3,(H3,28,29,30,32);1-2H3/b8-7+,10-9-,19-6+;. The molecule has 8 nitrogen and oxygen atoms in total. The van der Waals surface area contributed by atoms with Gasteiger partial charge in [0.15, 0.2) is 5.96 Å². The topological polar surface area (TPSA) is 125 Å². The number of aromatic nitrogens is 1. The van der Waals surface area contributed by atoms with Gasteiger partial charge in [0.2, 0.25) is 0 Å². The van der Waals surface area contributed by atoms with Crippen LogP contribution < -0.4 is 16.8 Å². The summed E-state index contributed by atoms with van der Waals surface area (Å²) in [5.74, 6) is 0.215. The Balaban J connectivity index is 0.00000334. The number of nitrogens with two attached hydrogens (primary N) is 2. The van der Waals surface area contributed by atoms with Gasteiger partial charge in [0.1, 0.15) is 5.76 Å². The Hall–Kier alpha value is -3.40. The summed E-state index contributed by atoms with van der Waals surface area (Å²) in [5, 5.41) is 3.03. The van der Waals surface area contributed by atoms with Gasteiger partial charge in [-0.15, -0.1) is 0 Å². The molecule has 0 aliphatic rings. The van der Waals surface area contributed by atoms with Gasteiger partial charge in [-0.25, -0.2) is 4.99 Å². The molecule has 200 valence electrons. The number of nitrogens with zero attached hydrogens (tertiary/aromatic N) is 2. The monoisotopic (exact) mass is 545 g/mol. The molecule has 10 heteroatoms. The third-order valence-corrected chi connectivity index (χ3v) is 5.88. The minimum Gasteiger partial charge on any atom is -0.497 e. The number of guanidine groups is 1. The van der Waals surface area contributed by atoms with Crippen molar-refractivity contribution in [3.8, 4) is 0 Å². The molecular formula is C27H36ClN5O3S. The second-order valence-electron chi connectivity index (χ2n) is 7.31. The lowest BCUT2D eigenvalue weighted by molar-refractivity contribution is 0.0976. The van der Waals surface area contributed by atoms with Crippen LogP contribution in [0.1, 0.15) is 52.8 Å². The van der Waals surface area contributed by atoms with E-state index in [0.717, 1.165) is 16.0 Å². The minimum atomic E-state index is -0.418. The maximum Gasteiger partial charge on any atom is 0.261 e. The van der Waals surface area contributed by atoms with Gasteiger partial charge in [-0.05, 0) is 72.4 Å². The zero-order chi connectivity index (χ0) is 28.0. The number of anilines is 1. The smallest absolute Gasteiger partial charge is 0.261 e. The fraction of sp³-hybridized carbons (Fsp3) is 0.296. The van der Waals surface area contributed by atoms with Gasteiger partial charge < -0.3 is 20.9 Å². The summed E-state index contributed by atoms with van der Waals surface area (Å²) in [6.45, 7) is 12.3. The van der Waals surface area contributed by atoms with Crippen LogP contribution in [0.25, 0.3) is 11.6 Å². The molecular weight excluding hydrogens is 510 g/mol. The van der Waals surface area contributed by atoms with Crippen LogP contribution in [-0.4, -0.2) is 37.1 Å². The van der Waals surface area contributed by atoms with Gasteiger partial charge in [0, 0.05) is 12.0 Å². The van der Waals surface area contributed by atoms with Gasteiger partial charge in [-0.3, -0.25) is 10.1 Å². The quantitative estimate of drug-likeness (QED) is 0.115. The van der Waals surface area contributed by atoms with Gasteiger partial charge >= 0.3 is 0 Å². The second-order valence-corrected chi connectivity index (χ2v) is 8.69. The number of aryl methyl sites for hydroxylation is 1. The van der Waals surface area contributed by atoms with E-state index in [-0.39, 0.29) is 12.5 Å². The number of rotatable bonds is 10. The molecule has 2 rings (SSSR count). The van der Waals surface area contributed by atoms with Crippen molar-refractivity contribution in [3.63, 3.8) is 0 Å². The first kappa shape index (κ1) is 31.6. The normalized spacial score (nSPS) is 12.0. The Kier molecular flexibility index (Phi) is 14.0. The number of aliphatic imine (C=N–C) groups is 1. The highest BCUT2D eigenvalue weighted by Crippen LogP contribution is 2.27. The van der Waals surface area contributed by atoms with E-state index >= 15 is 0 Å². The summed E-state index contributed by atoms with van der Waals surface area (Å²) in [6.07, 6.45) is 8.96. The molecule has 0 radical (unpaired) electrons. The average Bonchev–Trinajstić information content (AvgIpc) is 3.28. The van der Waals surface area contributed by atoms with Crippen molar-refractivity contribution in [1.29, 1.82) is 0 Å². The van der Waals surface area contributed by atoms with Crippen molar-refractivity contribution in [2.24, 2.45) is 10.7 Å². The highest BCUT2D eigenvalue weighted by molar-refractivity contribution is 7.06. The summed E-state index contributed by atoms with van der Waals surface area (Å²) in [6, 6.07) is 3.57. The van der Waals surface area contributed by atoms with E-state index in [1.54, 1.807) is 32.4 Å². The lowest BCUT2D eigenvalue weighted by Gasteiger charge is -2.09. The molecule has 1 aromatic heterocycles. The Morgan fingerprint density at radius 3 is 2.62 bits per heavy atom. The predicted molar refractivity (Wildman–Crippen MR) is 157 cm³/mol. The van der Waals surface area contributed by atoms with Crippen LogP contribution in [0.15, 0.2) is 53.8 Å². The van der Waals surface area contributed by atoms with Crippen LogP contribution in [0.2, 0.25) is 5.02 Å². The molecule has 0 fully saturated rings. The molecule has 0 saturated carbocycles. The number of nitrogen functional groups attached to an aromatic ring is 1. The molecule has 37 heavy (non-hydrogen) atoms. The van der Waals surface area contributed by atoms with E-state index in [2.05, 4.69) is 21.3 Å². The number of benzene rings is 1. The highest BCUT2D eigenvalue weighted by Gasteiger charge is 2.20. The van der Waals surface area contributed by atoms with Gasteiger partial charge in [-0.1, -0.05) is 44.2 Å². The van der Waals surface area contributed by atoms with Crippen molar-refractivity contribution < 1.29 is 14.3 Å². The number of ether oxygens (including phenoxy) is 2. The van der Waals surface area contributed by atoms with Crippen LogP contribution in [0, 0.1) is 6.92 Å². The maximum atomic E-state index is 13.0. The van der Waals surface area contributed by atoms with E-state index in [1.165, 1.54) is 11.5 Å². The molecule has 1 heterocycles. The molecule has 0 aliphatic carbocycles. The minimum absolute atomic E-state index is 0.0345. The Morgan fingerprint density at radius 1 is 1.30 bits per heavy atom. The summed E-state index contributed by atoms with van der Waals surface area (Å²) in [7, 11) is 3.18. The van der Waals surface area contributed by atoms with Crippen LogP contribution in [-0.2, 0) is 16.0 Å². The molecule has 1 aromatic carbocycles. The van der Waals surface area contributed by atoms with Crippen molar-refractivity contribution in [1.82, 2.24) is 9.69 Å². The maximum absolute atomic E-state index is 13.0. The average molecular weight is 546 g/mol. The van der Waals surface area contributed by atoms with Crippen molar-refractivity contribution in [2.45, 2.75) is 34.2 Å². The fourth-order valence-corrected chi connectivity index (χ4v) is 3.96. The third-order valence-electron chi connectivity index (χ3n) is 4.82. The zero-order valence-electron chi connectivity index (χ0n) is 22.2. The number of methoxy groups -OCH3 is 2. The number of allylic oxidation sites excluding steroid dienone is 4. The molecule has 0 spiro atoms. The fourth-order valence-electron chi connectivity index (χ4n) is 3.00. The number of amides is 1. The Labute approximate surface area is 228 Å². The molecule has 0 aliphatic heterocycles. The lowest BCUT2D eigenvalue weighted by Crippen LogP contribution is -2.37. The van der Waals surface area contributed by atoms with Crippen LogP contribution in [0.4, 0.5) is 5.69 Å². The second kappa shape index (κ2) is 16.4. The van der Waals surface area contributed by atoms with Crippen LogP contribution in [0.3, 0.4) is 0 Å². The number of halogens is 1. The Bertz CT molecular complexity index is 1200. The molecule has 2 aromatic rings. The van der Waals surface area contributed by atoms with Gasteiger partial charge in [0.25, 0.3) is 5.91 Å². The van der Waals surface area contributed by atoms with E-state index < -0.39 is 5.91 Å². The van der Waals surface area contributed by atoms with Crippen LogP contribution >= 0.6 is 23.1 Å². The number of carbonyl (C=O) groups excluding carboxylic acids is 1. The first-order valence-electron chi connectivity index (χ1n) is 11.6. The zero-order valence-corrected chi connectivity index (χ0v) is 23.8. The SMILES string of the molecule is C=C(/C=C\C(=C/C)OC)c1nsc(C)c1C(=O)NC(N)=NCc1cc(Cl)c(N)c(/C=C/COC)c1.CC. The predicted octanol–water partition coefficient (Wildman–Crippen LogP) is 5.74. The Morgan fingerprint density at radius 2 is 2.00 bits per heavy atom. The highest BCUT2D eigenvalue weighted by atomic mass is 35.5. The lowest BCUT2D eigenvalue weighted by atomic mass is 10.1. The van der Waals surface area contributed by atoms with Crippen molar-refractivity contribution in [3.05, 3.63) is 81.1 Å². The number of hydrogen-bond acceptors (Lipinski definition) is 7. The van der Waals surface area contributed by atoms with E-state index in [0.29, 0.717) is 39.9 Å². The summed E-state index contributed by atoms with van der Waals surface area (Å²) < 4.78 is 14.6. The first-order valence-corrected chi connectivity index (χ1v) is 12.8. The molecule has 0 unspecified atom stereocenters. The summed E-state index contributed by atoms with van der Waals surface area (Å²) in [5.41, 5.74) is 15.5. The van der Waals surface area contributed by atoms with Crippen molar-refractivity contribution >= 4 is 52.3 Å². The van der Waals surface area contributed by atoms with Crippen LogP contribution in [0.5, 0.6) is 0 Å². The first-order chi connectivity index (χ1) is 17.7. The third kappa shape index (κ3) is 9.53. The number of nitrogens with one attached hydrogen (secondary N) is 1. The van der Waals surface area contributed by atoms with E-state index in [1.807, 2.05) is 52.0 Å². The summed E-state index contributed by atoms with van der Waals surface area (Å²) >= 11 is 7.47. The summed E-state index contributed by atoms with van der Waals surface area (Å²) in [4.78, 5) is 18.0. The number of hydrogen-bond donors (Lipinski definition) is 3.